The van der Waals surface area contributed by atoms with E-state index in [2.05, 4.69) is 15.5 Å². The van der Waals surface area contributed by atoms with Crippen LogP contribution in [0.1, 0.15) is 19.5 Å². The molecule has 0 radical (unpaired) electrons. The zero-order chi connectivity index (χ0) is 25.9. The minimum absolute atomic E-state index is 0.0580. The molecule has 2 aliphatic rings. The van der Waals surface area contributed by atoms with Crippen molar-refractivity contribution in [2.45, 2.75) is 25.3 Å². The van der Waals surface area contributed by atoms with Gasteiger partial charge in [-0.3, -0.25) is 24.1 Å². The van der Waals surface area contributed by atoms with Crippen molar-refractivity contribution in [2.75, 3.05) is 24.7 Å². The topological polar surface area (TPSA) is 211 Å². The van der Waals surface area contributed by atoms with Gasteiger partial charge in [0.1, 0.15) is 36.0 Å². The fourth-order valence-electron chi connectivity index (χ4n) is 3.08. The Morgan fingerprint density at radius 3 is 2.66 bits per heavy atom. The minimum Gasteiger partial charge on any atom is -0.481 e. The number of amides is 2. The molecule has 3 atom stereocenters. The van der Waals surface area contributed by atoms with Gasteiger partial charge in [0.15, 0.2) is 10.8 Å². The van der Waals surface area contributed by atoms with Crippen LogP contribution in [0.15, 0.2) is 21.8 Å². The summed E-state index contributed by atoms with van der Waals surface area (Å²) in [6.45, 7) is 1.98. The number of thiazole rings is 1. The van der Waals surface area contributed by atoms with Gasteiger partial charge in [0.2, 0.25) is 0 Å². The maximum atomic E-state index is 13.0. The first kappa shape index (κ1) is 26.0. The first-order valence-corrected chi connectivity index (χ1v) is 11.9. The van der Waals surface area contributed by atoms with Crippen LogP contribution in [0.25, 0.3) is 0 Å². The van der Waals surface area contributed by atoms with Crippen molar-refractivity contribution in [3.05, 3.63) is 22.3 Å². The van der Waals surface area contributed by atoms with Crippen molar-refractivity contribution >= 4 is 63.7 Å². The number of hydrogen-bond acceptors (Lipinski definition) is 12. The largest absolute Gasteiger partial charge is 0.481 e. The molecule has 0 saturated carbocycles. The third kappa shape index (κ3) is 5.71. The number of β-lactam (4-membered cyclic amide) rings is 1. The molecular weight excluding hydrogens is 506 g/mol. The fourth-order valence-corrected chi connectivity index (χ4v) is 4.95. The average Bonchev–Trinajstić information content (AvgIpc) is 3.23. The number of aliphatic carboxylic acids is 2. The van der Waals surface area contributed by atoms with Crippen LogP contribution in [-0.2, 0) is 33.5 Å². The van der Waals surface area contributed by atoms with E-state index in [1.807, 2.05) is 0 Å². The highest BCUT2D eigenvalue weighted by atomic mass is 32.2. The summed E-state index contributed by atoms with van der Waals surface area (Å²) in [7, 11) is 0. The lowest BCUT2D eigenvalue weighted by Crippen LogP contribution is -2.71. The zero-order valence-corrected chi connectivity index (χ0v) is 20.1. The summed E-state index contributed by atoms with van der Waals surface area (Å²) >= 11 is 2.22. The van der Waals surface area contributed by atoms with Gasteiger partial charge in [-0.05, 0) is 6.92 Å². The van der Waals surface area contributed by atoms with E-state index in [0.717, 1.165) is 16.2 Å². The predicted molar refractivity (Wildman–Crippen MR) is 122 cm³/mol. The molecule has 1 fully saturated rings. The summed E-state index contributed by atoms with van der Waals surface area (Å²) in [5.74, 6) is -5.33. The Morgan fingerprint density at radius 1 is 1.37 bits per heavy atom. The molecule has 5 N–H and O–H groups in total. The van der Waals surface area contributed by atoms with Crippen molar-refractivity contribution in [2.24, 2.45) is 11.1 Å². The number of carbonyl (C=O) groups is 5. The quantitative estimate of drug-likeness (QED) is 0.131. The second-order valence-electron chi connectivity index (χ2n) is 7.44. The average molecular weight is 528 g/mol. The van der Waals surface area contributed by atoms with Crippen LogP contribution in [0.4, 0.5) is 5.13 Å². The number of oxime groups is 1. The molecular formula is C19H21N5O9S2. The summed E-state index contributed by atoms with van der Waals surface area (Å²) in [5.41, 5.74) is 5.32. The van der Waals surface area contributed by atoms with Crippen molar-refractivity contribution < 1.29 is 43.8 Å². The summed E-state index contributed by atoms with van der Waals surface area (Å²) in [6, 6.07) is -1.07. The smallest absolute Gasteiger partial charge is 0.352 e. The Labute approximate surface area is 206 Å². The van der Waals surface area contributed by atoms with Crippen LogP contribution < -0.4 is 11.1 Å². The number of nitrogen functional groups attached to an aromatic ring is 1. The van der Waals surface area contributed by atoms with Gasteiger partial charge in [-0.2, -0.15) is 0 Å². The van der Waals surface area contributed by atoms with Crippen LogP contribution in [0.2, 0.25) is 0 Å². The number of hydrogen-bond donors (Lipinski definition) is 4. The standard InChI is InChI=1S/C19H21N5O9S2/c1-7(17(28)29)3-33-23-11(10-6-35-19(20)21-10)14(26)22-12-15(27)24-13(18(30)31)9(4-32-8(2)25)5-34-16(12)24/h6-7,12,16H,3-5H2,1-2H3,(H2,20,21)(H,22,26)(H,28,29)(H,30,31)/b23-11-/t7?,12-,16-/m1/s1. The maximum Gasteiger partial charge on any atom is 0.352 e. The number of aromatic nitrogens is 1. The first-order valence-electron chi connectivity index (χ1n) is 9.99. The Balaban J connectivity index is 1.77. The number of carbonyl (C=O) groups excluding carboxylic acids is 3. The normalized spacial score (nSPS) is 20.5. The second kappa shape index (κ2) is 10.7. The van der Waals surface area contributed by atoms with Crippen molar-refractivity contribution in [3.63, 3.8) is 0 Å². The Morgan fingerprint density at radius 2 is 2.09 bits per heavy atom. The Hall–Kier alpha value is -3.66. The third-order valence-corrected chi connectivity index (χ3v) is 6.88. The highest BCUT2D eigenvalue weighted by Crippen LogP contribution is 2.40. The SMILES string of the molecule is CC(=O)OCC1=C(C(=O)O)N2C(=O)[C@@H](NC(=O)/C(=N\OCC(C)C(=O)O)c3csc(N)n3)[C@H]2SC1. The number of carboxylic acids is 2. The highest BCUT2D eigenvalue weighted by molar-refractivity contribution is 8.00. The van der Waals surface area contributed by atoms with Crippen LogP contribution >= 0.6 is 23.1 Å². The zero-order valence-electron chi connectivity index (χ0n) is 18.4. The molecule has 188 valence electrons. The molecule has 3 rings (SSSR count). The van der Waals surface area contributed by atoms with E-state index in [9.17, 15) is 29.1 Å². The van der Waals surface area contributed by atoms with Gasteiger partial charge in [-0.25, -0.2) is 9.78 Å². The lowest BCUT2D eigenvalue weighted by atomic mass is 10.0. The number of carboxylic acid groups (broad SMARTS) is 2. The number of nitrogens with zero attached hydrogens (tertiary/aromatic N) is 3. The molecule has 1 aromatic rings. The van der Waals surface area contributed by atoms with Gasteiger partial charge in [-0.1, -0.05) is 5.16 Å². The summed E-state index contributed by atoms with van der Waals surface area (Å²) in [5, 5.41) is 25.7. The van der Waals surface area contributed by atoms with Gasteiger partial charge in [0, 0.05) is 23.6 Å². The van der Waals surface area contributed by atoms with Crippen LogP contribution in [0.5, 0.6) is 0 Å². The molecule has 35 heavy (non-hydrogen) atoms. The molecule has 3 heterocycles. The molecule has 2 amide bonds. The van der Waals surface area contributed by atoms with E-state index < -0.39 is 47.1 Å². The van der Waals surface area contributed by atoms with Crippen LogP contribution in [-0.4, -0.2) is 85.9 Å². The summed E-state index contributed by atoms with van der Waals surface area (Å²) < 4.78 is 4.88. The number of rotatable bonds is 10. The molecule has 14 nitrogen and oxygen atoms in total. The van der Waals surface area contributed by atoms with Crippen molar-refractivity contribution in [1.29, 1.82) is 0 Å². The molecule has 16 heteroatoms. The number of ether oxygens (including phenoxy) is 1. The predicted octanol–water partition coefficient (Wildman–Crippen LogP) is -0.532. The Kier molecular flexibility index (Phi) is 7.96. The number of esters is 1. The van der Waals surface area contributed by atoms with E-state index in [-0.39, 0.29) is 46.8 Å². The molecule has 1 saturated heterocycles. The molecule has 0 aromatic carbocycles. The molecule has 0 spiro atoms. The van der Waals surface area contributed by atoms with E-state index >= 15 is 0 Å². The number of nitrogens with one attached hydrogen (secondary N) is 1. The number of thioether (sulfide) groups is 1. The van der Waals surface area contributed by atoms with E-state index in [1.165, 1.54) is 31.0 Å². The van der Waals surface area contributed by atoms with Gasteiger partial charge < -0.3 is 30.8 Å². The highest BCUT2D eigenvalue weighted by Gasteiger charge is 2.54. The second-order valence-corrected chi connectivity index (χ2v) is 9.44. The van der Waals surface area contributed by atoms with Crippen LogP contribution in [0.3, 0.4) is 0 Å². The molecule has 0 aliphatic carbocycles. The Bertz CT molecular complexity index is 1130. The molecule has 2 aliphatic heterocycles. The number of nitrogens with two attached hydrogens (primary N) is 1. The molecule has 0 bridgehead atoms. The molecule has 1 unspecified atom stereocenters. The summed E-state index contributed by atoms with van der Waals surface area (Å²) in [4.78, 5) is 69.7. The van der Waals surface area contributed by atoms with E-state index in [1.54, 1.807) is 0 Å². The third-order valence-electron chi connectivity index (χ3n) is 4.87. The van der Waals surface area contributed by atoms with Gasteiger partial charge in [0.05, 0.1) is 5.92 Å². The van der Waals surface area contributed by atoms with E-state index in [0.29, 0.717) is 0 Å². The fraction of sp³-hybridized carbons (Fsp3) is 0.421. The van der Waals surface area contributed by atoms with Gasteiger partial charge >= 0.3 is 17.9 Å². The van der Waals surface area contributed by atoms with Crippen molar-refractivity contribution in [3.8, 4) is 0 Å². The minimum atomic E-state index is -1.36. The number of anilines is 1. The van der Waals surface area contributed by atoms with Gasteiger partial charge in [-0.15, -0.1) is 23.1 Å². The monoisotopic (exact) mass is 527 g/mol. The first-order chi connectivity index (χ1) is 16.5. The van der Waals surface area contributed by atoms with Crippen LogP contribution in [0, 0.1) is 5.92 Å². The summed E-state index contributed by atoms with van der Waals surface area (Å²) in [6.07, 6.45) is 0. The maximum absolute atomic E-state index is 13.0. The molecule has 1 aromatic heterocycles. The van der Waals surface area contributed by atoms with Crippen molar-refractivity contribution in [1.82, 2.24) is 15.2 Å². The van der Waals surface area contributed by atoms with Gasteiger partial charge in [0.25, 0.3) is 11.8 Å². The lowest BCUT2D eigenvalue weighted by Gasteiger charge is -2.49. The lowest BCUT2D eigenvalue weighted by molar-refractivity contribution is -0.150. The number of fused-ring (bicyclic) bond motifs is 1. The van der Waals surface area contributed by atoms with E-state index in [4.69, 9.17) is 20.4 Å².